The Hall–Kier alpha value is -1.31. The monoisotopic (exact) mass is 165 g/mol. The van der Waals surface area contributed by atoms with Crippen LogP contribution in [0.2, 0.25) is 0 Å². The maximum absolute atomic E-state index is 12.8. The molecule has 1 N–H and O–H groups in total. The summed E-state index contributed by atoms with van der Waals surface area (Å²) in [6, 6.07) is 4.94. The molecule has 0 radical (unpaired) electrons. The predicted octanol–water partition coefficient (Wildman–Crippen LogP) is 3.08. The van der Waals surface area contributed by atoms with Gasteiger partial charge in [-0.05, 0) is 43.8 Å². The molecule has 0 saturated carbocycles. The number of allylic oxidation sites excluding steroid dienone is 1. The second kappa shape index (κ2) is 3.90. The number of hydrogen-bond donors (Lipinski definition) is 1. The maximum Gasteiger partial charge on any atom is 0.126 e. The summed E-state index contributed by atoms with van der Waals surface area (Å²) in [7, 11) is 0. The zero-order chi connectivity index (χ0) is 8.97. The van der Waals surface area contributed by atoms with Gasteiger partial charge in [0.25, 0.3) is 0 Å². The molecule has 0 bridgehead atoms. The Morgan fingerprint density at radius 2 is 2.17 bits per heavy atom. The third-order valence-electron chi connectivity index (χ3n) is 1.57. The van der Waals surface area contributed by atoms with E-state index >= 15 is 0 Å². The first-order chi connectivity index (χ1) is 5.74. The van der Waals surface area contributed by atoms with E-state index in [4.69, 9.17) is 0 Å². The molecule has 1 aromatic rings. The van der Waals surface area contributed by atoms with Crippen LogP contribution in [0.1, 0.15) is 12.5 Å². The molecule has 0 atom stereocenters. The normalized spacial score (nSPS) is 10.6. The van der Waals surface area contributed by atoms with Crippen molar-refractivity contribution in [3.63, 3.8) is 0 Å². The summed E-state index contributed by atoms with van der Waals surface area (Å²) >= 11 is 0. The van der Waals surface area contributed by atoms with Gasteiger partial charge in [0.15, 0.2) is 0 Å². The van der Waals surface area contributed by atoms with Crippen molar-refractivity contribution in [3.05, 3.63) is 41.9 Å². The second-order valence-corrected chi connectivity index (χ2v) is 2.61. The van der Waals surface area contributed by atoms with E-state index in [0.717, 1.165) is 5.69 Å². The van der Waals surface area contributed by atoms with Gasteiger partial charge in [-0.1, -0.05) is 6.08 Å². The smallest absolute Gasteiger partial charge is 0.126 e. The number of rotatable bonds is 2. The summed E-state index contributed by atoms with van der Waals surface area (Å²) in [4.78, 5) is 0. The van der Waals surface area contributed by atoms with Crippen molar-refractivity contribution >= 4 is 5.69 Å². The molecule has 1 nitrogen and oxygen atoms in total. The third-order valence-corrected chi connectivity index (χ3v) is 1.57. The molecule has 64 valence electrons. The van der Waals surface area contributed by atoms with Gasteiger partial charge in [0.2, 0.25) is 0 Å². The number of hydrogen-bond acceptors (Lipinski definition) is 1. The number of benzene rings is 1. The van der Waals surface area contributed by atoms with E-state index in [1.165, 1.54) is 6.07 Å². The zero-order valence-electron chi connectivity index (χ0n) is 7.26. The lowest BCUT2D eigenvalue weighted by Crippen LogP contribution is -1.89. The van der Waals surface area contributed by atoms with Gasteiger partial charge in [-0.3, -0.25) is 0 Å². The van der Waals surface area contributed by atoms with Gasteiger partial charge in [-0.25, -0.2) is 4.39 Å². The highest BCUT2D eigenvalue weighted by molar-refractivity contribution is 5.47. The highest BCUT2D eigenvalue weighted by Gasteiger charge is 1.95. The molecule has 1 aromatic carbocycles. The van der Waals surface area contributed by atoms with E-state index in [2.05, 4.69) is 5.32 Å². The number of halogens is 1. The highest BCUT2D eigenvalue weighted by Crippen LogP contribution is 2.13. The molecule has 1 rings (SSSR count). The molecule has 12 heavy (non-hydrogen) atoms. The van der Waals surface area contributed by atoms with Gasteiger partial charge in [0, 0.05) is 5.69 Å². The van der Waals surface area contributed by atoms with Crippen LogP contribution < -0.4 is 5.32 Å². The van der Waals surface area contributed by atoms with Crippen molar-refractivity contribution in [3.8, 4) is 0 Å². The number of nitrogens with one attached hydrogen (secondary N) is 1. The molecule has 0 aliphatic rings. The standard InChI is InChI=1S/C10H12FN/c1-3-6-12-9-4-5-10(11)8(2)7-9/h3-7,12H,1-2H3. The van der Waals surface area contributed by atoms with Gasteiger partial charge in [-0.15, -0.1) is 0 Å². The van der Waals surface area contributed by atoms with Crippen LogP contribution in [-0.2, 0) is 0 Å². The zero-order valence-corrected chi connectivity index (χ0v) is 7.26. The molecule has 0 aromatic heterocycles. The molecule has 0 fully saturated rings. The van der Waals surface area contributed by atoms with Gasteiger partial charge in [0.1, 0.15) is 5.82 Å². The van der Waals surface area contributed by atoms with Gasteiger partial charge >= 0.3 is 0 Å². The molecule has 0 saturated heterocycles. The van der Waals surface area contributed by atoms with Crippen LogP contribution in [0.5, 0.6) is 0 Å². The molecule has 0 spiro atoms. The van der Waals surface area contributed by atoms with Gasteiger partial charge < -0.3 is 5.32 Å². The fraction of sp³-hybridized carbons (Fsp3) is 0.200. The van der Waals surface area contributed by atoms with Gasteiger partial charge in [0.05, 0.1) is 0 Å². The van der Waals surface area contributed by atoms with Crippen LogP contribution in [0.25, 0.3) is 0 Å². The highest BCUT2D eigenvalue weighted by atomic mass is 19.1. The first-order valence-corrected chi connectivity index (χ1v) is 3.88. The van der Waals surface area contributed by atoms with E-state index in [-0.39, 0.29) is 5.82 Å². The molecular formula is C10H12FN. The molecule has 0 aliphatic heterocycles. The Morgan fingerprint density at radius 3 is 2.75 bits per heavy atom. The average molecular weight is 165 g/mol. The lowest BCUT2D eigenvalue weighted by atomic mass is 10.2. The molecule has 0 aliphatic carbocycles. The lowest BCUT2D eigenvalue weighted by molar-refractivity contribution is 0.619. The van der Waals surface area contributed by atoms with E-state index in [9.17, 15) is 4.39 Å². The van der Waals surface area contributed by atoms with Crippen LogP contribution in [0, 0.1) is 12.7 Å². The van der Waals surface area contributed by atoms with Crippen molar-refractivity contribution in [1.82, 2.24) is 0 Å². The van der Waals surface area contributed by atoms with Crippen molar-refractivity contribution in [1.29, 1.82) is 0 Å². The quantitative estimate of drug-likeness (QED) is 0.710. The third kappa shape index (κ3) is 2.09. The summed E-state index contributed by atoms with van der Waals surface area (Å²) in [5.74, 6) is -0.166. The largest absolute Gasteiger partial charge is 0.362 e. The minimum Gasteiger partial charge on any atom is -0.362 e. The van der Waals surface area contributed by atoms with Crippen LogP contribution in [-0.4, -0.2) is 0 Å². The van der Waals surface area contributed by atoms with Crippen molar-refractivity contribution < 1.29 is 4.39 Å². The first kappa shape index (κ1) is 8.78. The maximum atomic E-state index is 12.8. The minimum absolute atomic E-state index is 0.166. The van der Waals surface area contributed by atoms with E-state index in [0.29, 0.717) is 5.56 Å². The number of aryl methyl sites for hydroxylation is 1. The van der Waals surface area contributed by atoms with Gasteiger partial charge in [-0.2, -0.15) is 0 Å². The summed E-state index contributed by atoms with van der Waals surface area (Å²) < 4.78 is 12.8. The van der Waals surface area contributed by atoms with Crippen molar-refractivity contribution in [2.24, 2.45) is 0 Å². The molecule has 0 heterocycles. The molecule has 2 heteroatoms. The predicted molar refractivity (Wildman–Crippen MR) is 49.6 cm³/mol. The summed E-state index contributed by atoms with van der Waals surface area (Å²) in [5, 5.41) is 3.02. The number of anilines is 1. The Bertz CT molecular complexity index is 292. The topological polar surface area (TPSA) is 12.0 Å². The van der Waals surface area contributed by atoms with E-state index < -0.39 is 0 Å². The molecular weight excluding hydrogens is 153 g/mol. The van der Waals surface area contributed by atoms with Crippen LogP contribution in [0.15, 0.2) is 30.5 Å². The Balaban J connectivity index is 2.82. The van der Waals surface area contributed by atoms with E-state index in [1.807, 2.05) is 19.2 Å². The summed E-state index contributed by atoms with van der Waals surface area (Å²) in [5.41, 5.74) is 1.57. The van der Waals surface area contributed by atoms with Crippen LogP contribution in [0.3, 0.4) is 0 Å². The fourth-order valence-corrected chi connectivity index (χ4v) is 0.914. The fourth-order valence-electron chi connectivity index (χ4n) is 0.914. The minimum atomic E-state index is -0.166. The Morgan fingerprint density at radius 1 is 1.42 bits per heavy atom. The SMILES string of the molecule is CC=CNc1ccc(F)c(C)c1. The average Bonchev–Trinajstić information content (AvgIpc) is 2.07. The lowest BCUT2D eigenvalue weighted by Gasteiger charge is -2.01. The van der Waals surface area contributed by atoms with Crippen molar-refractivity contribution in [2.75, 3.05) is 5.32 Å². The van der Waals surface area contributed by atoms with E-state index in [1.54, 1.807) is 19.1 Å². The second-order valence-electron chi connectivity index (χ2n) is 2.61. The van der Waals surface area contributed by atoms with Crippen LogP contribution >= 0.6 is 0 Å². The summed E-state index contributed by atoms with van der Waals surface area (Å²) in [6.45, 7) is 3.67. The Kier molecular flexibility index (Phi) is 2.86. The first-order valence-electron chi connectivity index (χ1n) is 3.88. The van der Waals surface area contributed by atoms with Crippen LogP contribution in [0.4, 0.5) is 10.1 Å². The van der Waals surface area contributed by atoms with Crippen molar-refractivity contribution in [2.45, 2.75) is 13.8 Å². The molecule has 0 unspecified atom stereocenters. The summed E-state index contributed by atoms with van der Waals surface area (Å²) in [6.07, 6.45) is 3.70. The molecule has 0 amide bonds. The Labute approximate surface area is 71.9 Å².